The minimum atomic E-state index is -3.00. The van der Waals surface area contributed by atoms with Crippen molar-refractivity contribution in [3.8, 4) is 0 Å². The molecule has 3 unspecified atom stereocenters. The molecule has 0 amide bonds. The number of benzene rings is 3. The quantitative estimate of drug-likeness (QED) is 0.150. The van der Waals surface area contributed by atoms with Crippen molar-refractivity contribution in [1.29, 1.82) is 0 Å². The van der Waals surface area contributed by atoms with Gasteiger partial charge in [-0.25, -0.2) is 0 Å². The van der Waals surface area contributed by atoms with Crippen LogP contribution in [0.3, 0.4) is 0 Å². The number of rotatable bonds is 9. The zero-order valence-corrected chi connectivity index (χ0v) is 27.5. The number of thiol groups is 3. The van der Waals surface area contributed by atoms with Gasteiger partial charge < -0.3 is 13.6 Å². The van der Waals surface area contributed by atoms with Crippen LogP contribution in [0.15, 0.2) is 54.6 Å². The molecule has 0 saturated heterocycles. The molecule has 3 aromatic carbocycles. The van der Waals surface area contributed by atoms with Crippen LogP contribution in [0.5, 0.6) is 0 Å². The molecule has 6 nitrogen and oxygen atoms in total. The van der Waals surface area contributed by atoms with E-state index in [2.05, 4.69) is 37.9 Å². The number of hydrogen-bond acceptors (Lipinski definition) is 9. The fourth-order valence-corrected chi connectivity index (χ4v) is 6.71. The third-order valence-electron chi connectivity index (χ3n) is 4.93. The van der Waals surface area contributed by atoms with Crippen LogP contribution in [0.1, 0.15) is 32.4 Å². The van der Waals surface area contributed by atoms with Crippen molar-refractivity contribution < 1.29 is 28.0 Å². The molecule has 3 atom stereocenters. The monoisotopic (exact) mass is 736 g/mol. The summed E-state index contributed by atoms with van der Waals surface area (Å²) in [4.78, 5) is 38.9. The van der Waals surface area contributed by atoms with Crippen LogP contribution in [0, 0.1) is 0 Å². The van der Waals surface area contributed by atoms with Gasteiger partial charge in [-0.05, 0) is 53.1 Å². The van der Waals surface area contributed by atoms with Gasteiger partial charge in [-0.3, -0.25) is 14.4 Å². The number of hydrogen-bond donors (Lipinski definition) is 3. The lowest BCUT2D eigenvalue weighted by molar-refractivity contribution is -0.141. The first-order chi connectivity index (χ1) is 18.8. The maximum atomic E-state index is 13.0. The Morgan fingerprint density at radius 1 is 0.525 bits per heavy atom. The molecule has 0 aliphatic carbocycles. The summed E-state index contributed by atoms with van der Waals surface area (Å²) in [6.07, 6.45) is 0. The second kappa shape index (κ2) is 15.1. The van der Waals surface area contributed by atoms with Crippen LogP contribution in [-0.4, -0.2) is 17.9 Å². The summed E-state index contributed by atoms with van der Waals surface area (Å²) in [6.45, 7) is 0. The summed E-state index contributed by atoms with van der Waals surface area (Å²) < 4.78 is 15.8. The lowest BCUT2D eigenvalue weighted by atomic mass is 10.1. The summed E-state index contributed by atoms with van der Waals surface area (Å²) in [7, 11) is -3.00. The highest BCUT2D eigenvalue weighted by atomic mass is 35.5. The van der Waals surface area contributed by atoms with E-state index in [0.29, 0.717) is 15.1 Å². The smallest absolute Gasteiger partial charge is 0.374 e. The van der Waals surface area contributed by atoms with Crippen LogP contribution >= 0.6 is 116 Å². The minimum Gasteiger partial charge on any atom is -0.374 e. The van der Waals surface area contributed by atoms with E-state index >= 15 is 0 Å². The van der Waals surface area contributed by atoms with Crippen molar-refractivity contribution in [1.82, 2.24) is 0 Å². The predicted octanol–water partition coefficient (Wildman–Crippen LogP) is 9.78. The molecular weight excluding hydrogens is 724 g/mol. The van der Waals surface area contributed by atoms with Crippen molar-refractivity contribution in [3.05, 3.63) is 101 Å². The Labute approximate surface area is 277 Å². The highest BCUT2D eigenvalue weighted by Crippen LogP contribution is 2.47. The van der Waals surface area contributed by atoms with E-state index in [9.17, 15) is 14.4 Å². The zero-order chi connectivity index (χ0) is 29.7. The molecule has 3 rings (SSSR count). The van der Waals surface area contributed by atoms with E-state index in [-0.39, 0.29) is 31.8 Å². The van der Waals surface area contributed by atoms with Gasteiger partial charge in [0.15, 0.2) is 0 Å². The Balaban J connectivity index is 1.84. The maximum absolute atomic E-state index is 13.0. The predicted molar refractivity (Wildman–Crippen MR) is 170 cm³/mol. The number of halogens is 6. The molecule has 0 saturated carbocycles. The maximum Gasteiger partial charge on any atom is 0.537 e. The molecule has 0 radical (unpaired) electrons. The van der Waals surface area contributed by atoms with Gasteiger partial charge in [-0.15, -0.1) is 0 Å². The van der Waals surface area contributed by atoms with Crippen molar-refractivity contribution in [3.63, 3.8) is 0 Å². The Bertz CT molecular complexity index is 1280. The molecule has 0 N–H and O–H groups in total. The Morgan fingerprint density at radius 2 is 0.775 bits per heavy atom. The molecule has 3 aromatic rings. The number of carbonyl (C=O) groups is 3. The third-order valence-corrected chi connectivity index (χ3v) is 9.08. The van der Waals surface area contributed by atoms with Gasteiger partial charge in [0, 0.05) is 30.1 Å². The van der Waals surface area contributed by atoms with E-state index in [1.807, 2.05) is 0 Å². The second-order valence-corrected chi connectivity index (χ2v) is 12.7. The first-order valence-electron chi connectivity index (χ1n) is 10.6. The van der Waals surface area contributed by atoms with Crippen molar-refractivity contribution in [2.75, 3.05) is 0 Å². The van der Waals surface area contributed by atoms with Gasteiger partial charge in [0.05, 0.1) is 0 Å². The Kier molecular flexibility index (Phi) is 12.8. The first-order valence-corrected chi connectivity index (χ1v) is 15.5. The molecule has 0 spiro atoms. The van der Waals surface area contributed by atoms with Crippen LogP contribution in [-0.2, 0) is 28.0 Å². The highest BCUT2D eigenvalue weighted by Gasteiger charge is 2.36. The van der Waals surface area contributed by atoms with Crippen LogP contribution in [0.4, 0.5) is 0 Å². The number of carbonyl (C=O) groups excluding carboxylic acids is 3. The van der Waals surface area contributed by atoms with Crippen molar-refractivity contribution in [2.45, 2.75) is 15.7 Å². The molecule has 212 valence electrons. The standard InChI is InChI=1S/C24H15Cl6O6PS3/c25-10-1-4-13(16(28)7-10)19(38)22(31)34-37(35-23(32)20(39)14-5-2-11(26)8-17(14)29)36-24(33)21(40)15-6-3-12(27)9-18(15)30/h1-9,19-21,38-40H. The largest absolute Gasteiger partial charge is 0.537 e. The summed E-state index contributed by atoms with van der Waals surface area (Å²) in [6, 6.07) is 13.1. The van der Waals surface area contributed by atoms with E-state index in [0.717, 1.165) is 0 Å². The van der Waals surface area contributed by atoms with E-state index in [1.54, 1.807) is 0 Å². The van der Waals surface area contributed by atoms with Gasteiger partial charge in [0.1, 0.15) is 15.7 Å². The van der Waals surface area contributed by atoms with Gasteiger partial charge in [0.2, 0.25) is 0 Å². The molecule has 0 heterocycles. The average molecular weight is 739 g/mol. The van der Waals surface area contributed by atoms with Gasteiger partial charge >= 0.3 is 26.5 Å². The average Bonchev–Trinajstić information content (AvgIpc) is 2.87. The lowest BCUT2D eigenvalue weighted by Crippen LogP contribution is -2.18. The fraction of sp³-hybridized carbons (Fsp3) is 0.125. The topological polar surface area (TPSA) is 78.9 Å². The molecule has 40 heavy (non-hydrogen) atoms. The van der Waals surface area contributed by atoms with Gasteiger partial charge in [-0.1, -0.05) is 87.8 Å². The van der Waals surface area contributed by atoms with E-state index < -0.39 is 42.3 Å². The van der Waals surface area contributed by atoms with Crippen LogP contribution in [0.2, 0.25) is 30.1 Å². The van der Waals surface area contributed by atoms with E-state index in [1.165, 1.54) is 54.6 Å². The summed E-state index contributed by atoms with van der Waals surface area (Å²) in [5.74, 6) is -3.13. The molecule has 0 aromatic heterocycles. The first kappa shape index (κ1) is 33.8. The molecule has 0 bridgehead atoms. The van der Waals surface area contributed by atoms with Crippen molar-refractivity contribution >= 4 is 134 Å². The summed E-state index contributed by atoms with van der Waals surface area (Å²) >= 11 is 49.0. The fourth-order valence-electron chi connectivity index (χ4n) is 2.98. The summed E-state index contributed by atoms with van der Waals surface area (Å²) in [5.41, 5.74) is 0.728. The normalized spacial score (nSPS) is 14.0. The Hall–Kier alpha value is -0.710. The molecular formula is C24H15Cl6O6PS3. The third kappa shape index (κ3) is 8.90. The van der Waals surface area contributed by atoms with Gasteiger partial charge in [0.25, 0.3) is 0 Å². The minimum absolute atomic E-state index is 0.128. The molecule has 0 aliphatic rings. The summed E-state index contributed by atoms with van der Waals surface area (Å²) in [5, 5.41) is -2.42. The lowest BCUT2D eigenvalue weighted by Gasteiger charge is -2.21. The SMILES string of the molecule is O=C(OP(OC(=O)C(S)c1ccc(Cl)cc1Cl)OC(=O)C(S)c1ccc(Cl)cc1Cl)C(S)c1ccc(Cl)cc1Cl. The zero-order valence-electron chi connectivity index (χ0n) is 19.4. The van der Waals surface area contributed by atoms with E-state index in [4.69, 9.17) is 83.2 Å². The highest BCUT2D eigenvalue weighted by molar-refractivity contribution is 7.81. The molecule has 16 heteroatoms. The van der Waals surface area contributed by atoms with Crippen LogP contribution in [0.25, 0.3) is 0 Å². The van der Waals surface area contributed by atoms with Gasteiger partial charge in [-0.2, -0.15) is 37.9 Å². The Morgan fingerprint density at radius 3 is 1.00 bits per heavy atom. The molecule has 0 aliphatic heterocycles. The second-order valence-electron chi connectivity index (χ2n) is 7.66. The van der Waals surface area contributed by atoms with Crippen LogP contribution < -0.4 is 0 Å². The molecule has 0 fully saturated rings. The van der Waals surface area contributed by atoms with Crippen molar-refractivity contribution in [2.24, 2.45) is 0 Å².